The number of aliphatic hydroxyl groups is 1. The number of rotatable bonds is 3. The maximum atomic E-state index is 9.77. The van der Waals surface area contributed by atoms with E-state index in [0.29, 0.717) is 0 Å². The van der Waals surface area contributed by atoms with Gasteiger partial charge in [0.1, 0.15) is 0 Å². The van der Waals surface area contributed by atoms with E-state index in [1.54, 1.807) is 0 Å². The van der Waals surface area contributed by atoms with Gasteiger partial charge in [-0.1, -0.05) is 6.07 Å². The normalized spacial score (nSPS) is 15.2. The van der Waals surface area contributed by atoms with Crippen LogP contribution in [-0.4, -0.2) is 23.8 Å². The number of fused-ring (bicyclic) bond motifs is 1. The quantitative estimate of drug-likeness (QED) is 0.787. The van der Waals surface area contributed by atoms with Crippen molar-refractivity contribution in [2.75, 3.05) is 23.7 Å². The molecule has 3 N–H and O–H groups in total. The first-order chi connectivity index (χ1) is 7.87. The average molecular weight is 234 g/mol. The van der Waals surface area contributed by atoms with Gasteiger partial charge in [-0.3, -0.25) is 0 Å². The molecule has 1 aromatic carbocycles. The van der Waals surface area contributed by atoms with Gasteiger partial charge in [0.05, 0.1) is 5.60 Å². The van der Waals surface area contributed by atoms with E-state index in [1.165, 1.54) is 11.3 Å². The van der Waals surface area contributed by atoms with Gasteiger partial charge < -0.3 is 15.7 Å². The van der Waals surface area contributed by atoms with Crippen molar-refractivity contribution in [1.29, 1.82) is 0 Å². The van der Waals surface area contributed by atoms with Crippen LogP contribution in [0.4, 0.5) is 11.4 Å². The van der Waals surface area contributed by atoms with E-state index < -0.39 is 5.60 Å². The van der Waals surface area contributed by atoms with Gasteiger partial charge in [-0.05, 0) is 50.8 Å². The van der Waals surface area contributed by atoms with E-state index in [0.717, 1.165) is 37.2 Å². The van der Waals surface area contributed by atoms with Crippen molar-refractivity contribution in [3.8, 4) is 0 Å². The maximum Gasteiger partial charge on any atom is 0.0608 e. The highest BCUT2D eigenvalue weighted by Crippen LogP contribution is 2.32. The number of nitrogens with zero attached hydrogens (tertiary/aromatic N) is 1. The van der Waals surface area contributed by atoms with Gasteiger partial charge >= 0.3 is 0 Å². The molecule has 0 spiro atoms. The van der Waals surface area contributed by atoms with Gasteiger partial charge in [0.25, 0.3) is 0 Å². The Morgan fingerprint density at radius 3 is 2.76 bits per heavy atom. The lowest BCUT2D eigenvalue weighted by Gasteiger charge is -2.24. The Labute approximate surface area is 103 Å². The van der Waals surface area contributed by atoms with Crippen LogP contribution in [0, 0.1) is 6.92 Å². The predicted octanol–water partition coefficient (Wildman–Crippen LogP) is 2.10. The number of nitrogens with two attached hydrogens (primary N) is 1. The summed E-state index contributed by atoms with van der Waals surface area (Å²) >= 11 is 0. The molecule has 0 bridgehead atoms. The van der Waals surface area contributed by atoms with E-state index in [9.17, 15) is 5.11 Å². The van der Waals surface area contributed by atoms with Gasteiger partial charge in [0.2, 0.25) is 0 Å². The lowest BCUT2D eigenvalue weighted by atomic mass is 10.1. The minimum Gasteiger partial charge on any atom is -0.398 e. The summed E-state index contributed by atoms with van der Waals surface area (Å²) in [5, 5.41) is 9.77. The highest BCUT2D eigenvalue weighted by Gasteiger charge is 2.22. The predicted molar refractivity (Wildman–Crippen MR) is 72.4 cm³/mol. The number of nitrogen functional groups attached to an aromatic ring is 1. The van der Waals surface area contributed by atoms with Crippen LogP contribution < -0.4 is 10.6 Å². The molecule has 2 rings (SSSR count). The molecule has 17 heavy (non-hydrogen) atoms. The summed E-state index contributed by atoms with van der Waals surface area (Å²) in [5.74, 6) is 0. The minimum absolute atomic E-state index is 0.598. The Kier molecular flexibility index (Phi) is 3.04. The molecular weight excluding hydrogens is 212 g/mol. The summed E-state index contributed by atoms with van der Waals surface area (Å²) in [6, 6.07) is 4.26. The number of aryl methyl sites for hydroxylation is 1. The summed E-state index contributed by atoms with van der Waals surface area (Å²) in [6.45, 7) is 7.68. The van der Waals surface area contributed by atoms with E-state index in [-0.39, 0.29) is 0 Å². The number of benzene rings is 1. The zero-order valence-electron chi connectivity index (χ0n) is 11.0. The van der Waals surface area contributed by atoms with Crippen LogP contribution in [0.2, 0.25) is 0 Å². The molecule has 0 atom stereocenters. The van der Waals surface area contributed by atoms with Gasteiger partial charge in [-0.15, -0.1) is 0 Å². The van der Waals surface area contributed by atoms with Crippen LogP contribution >= 0.6 is 0 Å². The lowest BCUT2D eigenvalue weighted by molar-refractivity contribution is 0.0732. The zero-order valence-corrected chi connectivity index (χ0v) is 11.0. The fraction of sp³-hybridized carbons (Fsp3) is 0.571. The number of hydrogen-bond acceptors (Lipinski definition) is 3. The summed E-state index contributed by atoms with van der Waals surface area (Å²) < 4.78 is 0. The van der Waals surface area contributed by atoms with Crippen LogP contribution in [0.5, 0.6) is 0 Å². The van der Waals surface area contributed by atoms with Gasteiger partial charge in [-0.25, -0.2) is 0 Å². The summed E-state index contributed by atoms with van der Waals surface area (Å²) in [7, 11) is 0. The second kappa shape index (κ2) is 4.22. The highest BCUT2D eigenvalue weighted by atomic mass is 16.3. The second-order valence-corrected chi connectivity index (χ2v) is 5.64. The lowest BCUT2D eigenvalue weighted by Crippen LogP contribution is -2.29. The zero-order chi connectivity index (χ0) is 12.6. The van der Waals surface area contributed by atoms with Crippen molar-refractivity contribution >= 4 is 11.4 Å². The molecule has 1 aliphatic rings. The van der Waals surface area contributed by atoms with Crippen LogP contribution in [0.1, 0.15) is 31.4 Å². The third kappa shape index (κ3) is 2.72. The number of anilines is 2. The second-order valence-electron chi connectivity index (χ2n) is 5.64. The monoisotopic (exact) mass is 234 g/mol. The van der Waals surface area contributed by atoms with Crippen molar-refractivity contribution in [3.63, 3.8) is 0 Å². The molecule has 0 aliphatic carbocycles. The highest BCUT2D eigenvalue weighted by molar-refractivity contribution is 5.67. The summed E-state index contributed by atoms with van der Waals surface area (Å²) in [6.07, 6.45) is 1.86. The van der Waals surface area contributed by atoms with Crippen molar-refractivity contribution in [1.82, 2.24) is 0 Å². The molecule has 0 saturated carbocycles. The van der Waals surface area contributed by atoms with Crippen molar-refractivity contribution < 1.29 is 5.11 Å². The topological polar surface area (TPSA) is 49.5 Å². The molecule has 0 unspecified atom stereocenters. The Balaban J connectivity index is 2.14. The van der Waals surface area contributed by atoms with E-state index in [4.69, 9.17) is 5.73 Å². The first-order valence-electron chi connectivity index (χ1n) is 6.23. The van der Waals surface area contributed by atoms with Gasteiger partial charge in [-0.2, -0.15) is 0 Å². The van der Waals surface area contributed by atoms with E-state index in [2.05, 4.69) is 24.0 Å². The summed E-state index contributed by atoms with van der Waals surface area (Å²) in [4.78, 5) is 2.32. The largest absolute Gasteiger partial charge is 0.398 e. The molecule has 0 fully saturated rings. The number of hydrogen-bond donors (Lipinski definition) is 2. The molecule has 0 aromatic heterocycles. The summed E-state index contributed by atoms with van der Waals surface area (Å²) in [5.41, 5.74) is 10.0. The molecule has 0 amide bonds. The Bertz CT molecular complexity index is 421. The third-order valence-electron chi connectivity index (χ3n) is 3.45. The molecular formula is C14H22N2O. The van der Waals surface area contributed by atoms with Crippen LogP contribution in [0.3, 0.4) is 0 Å². The third-order valence-corrected chi connectivity index (χ3v) is 3.45. The SMILES string of the molecule is Cc1cc2c(cc1N)N(CCC(C)(C)O)CC2. The molecule has 0 saturated heterocycles. The van der Waals surface area contributed by atoms with Crippen molar-refractivity contribution in [3.05, 3.63) is 23.3 Å². The molecule has 1 heterocycles. The van der Waals surface area contributed by atoms with Crippen molar-refractivity contribution in [2.45, 2.75) is 39.2 Å². The standard InChI is InChI=1S/C14H22N2O/c1-10-8-11-4-6-16(7-5-14(2,3)17)13(11)9-12(10)15/h8-9,17H,4-7,15H2,1-3H3. The van der Waals surface area contributed by atoms with Crippen LogP contribution in [-0.2, 0) is 6.42 Å². The molecule has 1 aliphatic heterocycles. The Morgan fingerprint density at radius 2 is 2.12 bits per heavy atom. The van der Waals surface area contributed by atoms with E-state index >= 15 is 0 Å². The van der Waals surface area contributed by atoms with Gasteiger partial charge in [0, 0.05) is 24.5 Å². The van der Waals surface area contributed by atoms with Crippen LogP contribution in [0.15, 0.2) is 12.1 Å². The Hall–Kier alpha value is -1.22. The average Bonchev–Trinajstić information content (AvgIpc) is 2.57. The smallest absolute Gasteiger partial charge is 0.0608 e. The fourth-order valence-electron chi connectivity index (χ4n) is 2.28. The molecule has 1 aromatic rings. The maximum absolute atomic E-state index is 9.77. The van der Waals surface area contributed by atoms with E-state index in [1.807, 2.05) is 13.8 Å². The van der Waals surface area contributed by atoms with Gasteiger partial charge in [0.15, 0.2) is 0 Å². The molecule has 3 nitrogen and oxygen atoms in total. The first kappa shape index (κ1) is 12.2. The first-order valence-corrected chi connectivity index (χ1v) is 6.23. The Morgan fingerprint density at radius 1 is 1.41 bits per heavy atom. The van der Waals surface area contributed by atoms with Crippen molar-refractivity contribution in [2.24, 2.45) is 0 Å². The molecule has 3 heteroatoms. The minimum atomic E-state index is -0.598. The molecule has 94 valence electrons. The molecule has 0 radical (unpaired) electrons. The van der Waals surface area contributed by atoms with Crippen LogP contribution in [0.25, 0.3) is 0 Å². The fourth-order valence-corrected chi connectivity index (χ4v) is 2.28.